The largest absolute Gasteiger partial charge is 0.494 e. The molecule has 3 N–H and O–H groups in total. The topological polar surface area (TPSA) is 93.9 Å². The zero-order valence-electron chi connectivity index (χ0n) is 12.2. The molecule has 6 nitrogen and oxygen atoms in total. The van der Waals surface area contributed by atoms with Gasteiger partial charge in [-0.15, -0.1) is 0 Å². The quantitative estimate of drug-likeness (QED) is 0.773. The minimum atomic E-state index is -0.672. The van der Waals surface area contributed by atoms with Gasteiger partial charge in [0.05, 0.1) is 7.11 Å². The van der Waals surface area contributed by atoms with E-state index in [1.54, 1.807) is 30.3 Å². The van der Waals surface area contributed by atoms with Gasteiger partial charge in [-0.2, -0.15) is 15.4 Å². The van der Waals surface area contributed by atoms with E-state index in [4.69, 9.17) is 10.5 Å². The van der Waals surface area contributed by atoms with Crippen LogP contribution in [0.1, 0.15) is 10.5 Å². The van der Waals surface area contributed by atoms with Crippen LogP contribution in [0.25, 0.3) is 22.4 Å². The predicted molar refractivity (Wildman–Crippen MR) is 82.3 cm³/mol. The summed E-state index contributed by atoms with van der Waals surface area (Å²) in [6, 6.07) is 11.9. The molecule has 0 aliphatic carbocycles. The molecule has 1 heterocycles. The minimum Gasteiger partial charge on any atom is -0.494 e. The summed E-state index contributed by atoms with van der Waals surface area (Å²) in [5.41, 5.74) is 7.78. The normalized spacial score (nSPS) is 10.5. The summed E-state index contributed by atoms with van der Waals surface area (Å²) < 4.78 is 18.8. The number of H-pyrrole nitrogens is 1. The second-order valence-corrected chi connectivity index (χ2v) is 4.82. The summed E-state index contributed by atoms with van der Waals surface area (Å²) >= 11 is 0. The summed E-state index contributed by atoms with van der Waals surface area (Å²) in [5, 5.41) is 10.1. The van der Waals surface area contributed by atoms with E-state index < -0.39 is 11.7 Å². The standard InChI is InChI=1S/C16H13FN4O2/c1-23-13-6-5-10(8-12(13)17)9-3-2-4-11(7-9)14-15(16(18)22)20-21-19-14/h2-8H,1H3,(H2,18,22)(H,19,20,21). The first-order valence-corrected chi connectivity index (χ1v) is 6.75. The molecule has 1 amide bonds. The molecular weight excluding hydrogens is 299 g/mol. The number of carbonyl (C=O) groups is 1. The van der Waals surface area contributed by atoms with Gasteiger partial charge in [0, 0.05) is 5.56 Å². The van der Waals surface area contributed by atoms with Crippen LogP contribution in [-0.2, 0) is 0 Å². The first-order chi connectivity index (χ1) is 11.1. The highest BCUT2D eigenvalue weighted by molar-refractivity contribution is 5.96. The van der Waals surface area contributed by atoms with Gasteiger partial charge in [-0.3, -0.25) is 4.79 Å². The smallest absolute Gasteiger partial charge is 0.271 e. The SMILES string of the molecule is COc1ccc(-c2cccc(-c3n[nH]nc3C(N)=O)c2)cc1F. The molecule has 0 saturated carbocycles. The van der Waals surface area contributed by atoms with Gasteiger partial charge in [0.1, 0.15) is 5.69 Å². The Labute approximate surface area is 131 Å². The van der Waals surface area contributed by atoms with Crippen molar-refractivity contribution in [2.75, 3.05) is 7.11 Å². The highest BCUT2D eigenvalue weighted by atomic mass is 19.1. The van der Waals surface area contributed by atoms with Crippen LogP contribution in [0.2, 0.25) is 0 Å². The predicted octanol–water partition coefficient (Wildman–Crippen LogP) is 2.39. The number of aromatic nitrogens is 3. The molecule has 1 aromatic heterocycles. The van der Waals surface area contributed by atoms with E-state index in [2.05, 4.69) is 15.4 Å². The second-order valence-electron chi connectivity index (χ2n) is 4.82. The van der Waals surface area contributed by atoms with Gasteiger partial charge in [0.15, 0.2) is 17.3 Å². The molecule has 3 aromatic rings. The van der Waals surface area contributed by atoms with E-state index in [9.17, 15) is 9.18 Å². The first kappa shape index (κ1) is 14.7. The Morgan fingerprint density at radius 2 is 1.87 bits per heavy atom. The maximum Gasteiger partial charge on any atom is 0.271 e. The number of hydrogen-bond donors (Lipinski definition) is 2. The number of amides is 1. The Kier molecular flexibility index (Phi) is 3.76. The summed E-state index contributed by atoms with van der Waals surface area (Å²) in [4.78, 5) is 11.4. The number of carbonyl (C=O) groups excluding carboxylic acids is 1. The molecule has 0 bridgehead atoms. The fourth-order valence-electron chi connectivity index (χ4n) is 2.30. The second kappa shape index (κ2) is 5.88. The Morgan fingerprint density at radius 1 is 1.13 bits per heavy atom. The Bertz CT molecular complexity index is 876. The van der Waals surface area contributed by atoms with Crippen molar-refractivity contribution in [1.29, 1.82) is 0 Å². The van der Waals surface area contributed by atoms with Crippen molar-refractivity contribution < 1.29 is 13.9 Å². The third kappa shape index (κ3) is 2.76. The van der Waals surface area contributed by atoms with E-state index in [1.165, 1.54) is 13.2 Å². The number of ether oxygens (including phenoxy) is 1. The van der Waals surface area contributed by atoms with Crippen LogP contribution < -0.4 is 10.5 Å². The number of benzene rings is 2. The molecule has 23 heavy (non-hydrogen) atoms. The van der Waals surface area contributed by atoms with Gasteiger partial charge < -0.3 is 10.5 Å². The number of hydrogen-bond acceptors (Lipinski definition) is 4. The molecule has 7 heteroatoms. The number of methoxy groups -OCH3 is 1. The lowest BCUT2D eigenvalue weighted by Gasteiger charge is -2.07. The average molecular weight is 312 g/mol. The van der Waals surface area contributed by atoms with Crippen molar-refractivity contribution in [1.82, 2.24) is 15.4 Å². The summed E-state index contributed by atoms with van der Waals surface area (Å²) in [6.45, 7) is 0. The van der Waals surface area contributed by atoms with Crippen LogP contribution in [-0.4, -0.2) is 28.4 Å². The molecule has 0 radical (unpaired) electrons. The molecule has 0 fully saturated rings. The number of aromatic amines is 1. The molecule has 0 aliphatic rings. The molecule has 3 rings (SSSR count). The van der Waals surface area contributed by atoms with Gasteiger partial charge in [-0.25, -0.2) is 4.39 Å². The third-order valence-electron chi connectivity index (χ3n) is 3.40. The molecule has 2 aromatic carbocycles. The monoisotopic (exact) mass is 312 g/mol. The number of halogens is 1. The lowest BCUT2D eigenvalue weighted by Crippen LogP contribution is -2.12. The van der Waals surface area contributed by atoms with Crippen molar-refractivity contribution in [2.24, 2.45) is 5.73 Å². The van der Waals surface area contributed by atoms with Gasteiger partial charge in [-0.1, -0.05) is 24.3 Å². The van der Waals surface area contributed by atoms with Gasteiger partial charge >= 0.3 is 0 Å². The maximum absolute atomic E-state index is 13.9. The summed E-state index contributed by atoms with van der Waals surface area (Å²) in [5.74, 6) is -0.943. The molecule has 0 unspecified atom stereocenters. The highest BCUT2D eigenvalue weighted by Gasteiger charge is 2.15. The number of nitrogens with one attached hydrogen (secondary N) is 1. The van der Waals surface area contributed by atoms with Crippen LogP contribution in [0.5, 0.6) is 5.75 Å². The lowest BCUT2D eigenvalue weighted by molar-refractivity contribution is 0.0996. The van der Waals surface area contributed by atoms with E-state index in [-0.39, 0.29) is 11.4 Å². The zero-order valence-corrected chi connectivity index (χ0v) is 12.2. The first-order valence-electron chi connectivity index (χ1n) is 6.75. The van der Waals surface area contributed by atoms with E-state index in [0.29, 0.717) is 16.8 Å². The van der Waals surface area contributed by atoms with Crippen molar-refractivity contribution >= 4 is 5.91 Å². The number of nitrogens with two attached hydrogens (primary N) is 1. The zero-order chi connectivity index (χ0) is 16.4. The minimum absolute atomic E-state index is 0.0584. The molecule has 116 valence electrons. The van der Waals surface area contributed by atoms with E-state index in [1.807, 2.05) is 6.07 Å². The summed E-state index contributed by atoms with van der Waals surface area (Å²) in [6.07, 6.45) is 0. The number of rotatable bonds is 4. The highest BCUT2D eigenvalue weighted by Crippen LogP contribution is 2.29. The van der Waals surface area contributed by atoms with E-state index in [0.717, 1.165) is 5.56 Å². The van der Waals surface area contributed by atoms with Gasteiger partial charge in [0.25, 0.3) is 5.91 Å². The molecule has 0 aliphatic heterocycles. The van der Waals surface area contributed by atoms with Gasteiger partial charge in [0.2, 0.25) is 0 Å². The van der Waals surface area contributed by atoms with Gasteiger partial charge in [-0.05, 0) is 29.3 Å². The molecular formula is C16H13FN4O2. The van der Waals surface area contributed by atoms with Crippen LogP contribution in [0, 0.1) is 5.82 Å². The molecule has 0 atom stereocenters. The third-order valence-corrected chi connectivity index (χ3v) is 3.40. The Balaban J connectivity index is 2.05. The van der Waals surface area contributed by atoms with Crippen molar-refractivity contribution in [2.45, 2.75) is 0 Å². The number of primary amides is 1. The molecule has 0 saturated heterocycles. The molecule has 0 spiro atoms. The van der Waals surface area contributed by atoms with E-state index >= 15 is 0 Å². The van der Waals surface area contributed by atoms with Crippen molar-refractivity contribution in [3.8, 4) is 28.1 Å². The fraction of sp³-hybridized carbons (Fsp3) is 0.0625. The number of nitrogens with zero attached hydrogens (tertiary/aromatic N) is 2. The fourth-order valence-corrected chi connectivity index (χ4v) is 2.30. The van der Waals surface area contributed by atoms with Crippen LogP contribution in [0.4, 0.5) is 4.39 Å². The van der Waals surface area contributed by atoms with Crippen molar-refractivity contribution in [3.05, 3.63) is 54.0 Å². The van der Waals surface area contributed by atoms with Crippen LogP contribution in [0.3, 0.4) is 0 Å². The lowest BCUT2D eigenvalue weighted by atomic mass is 10.0. The van der Waals surface area contributed by atoms with Crippen molar-refractivity contribution in [3.63, 3.8) is 0 Å². The Morgan fingerprint density at radius 3 is 2.57 bits per heavy atom. The van der Waals surface area contributed by atoms with Crippen LogP contribution >= 0.6 is 0 Å². The maximum atomic E-state index is 13.9. The van der Waals surface area contributed by atoms with Crippen LogP contribution in [0.15, 0.2) is 42.5 Å². The summed E-state index contributed by atoms with van der Waals surface area (Å²) in [7, 11) is 1.41. The average Bonchev–Trinajstić information content (AvgIpc) is 3.05. The Hall–Kier alpha value is -3.22.